The van der Waals surface area contributed by atoms with Crippen molar-refractivity contribution < 1.29 is 14.3 Å². The van der Waals surface area contributed by atoms with Crippen LogP contribution in [0.15, 0.2) is 0 Å². The van der Waals surface area contributed by atoms with E-state index in [0.717, 1.165) is 13.1 Å². The maximum absolute atomic E-state index is 11.8. The monoisotopic (exact) mass is 303 g/mol. The number of rotatable bonds is 9. The van der Waals surface area contributed by atoms with E-state index >= 15 is 0 Å². The summed E-state index contributed by atoms with van der Waals surface area (Å²) in [5, 5.41) is 2.87. The molecule has 0 aromatic rings. The maximum atomic E-state index is 11.8. The van der Waals surface area contributed by atoms with Crippen LogP contribution in [-0.4, -0.2) is 61.5 Å². The van der Waals surface area contributed by atoms with Crippen LogP contribution < -0.4 is 11.1 Å². The first-order valence-electron chi connectivity index (χ1n) is 7.76. The summed E-state index contributed by atoms with van der Waals surface area (Å²) in [4.78, 5) is 14.1. The van der Waals surface area contributed by atoms with E-state index in [1.807, 2.05) is 34.6 Å². The third-order valence-corrected chi connectivity index (χ3v) is 3.17. The fourth-order valence-electron chi connectivity index (χ4n) is 2.14. The summed E-state index contributed by atoms with van der Waals surface area (Å²) >= 11 is 0. The van der Waals surface area contributed by atoms with E-state index in [0.29, 0.717) is 19.8 Å². The van der Waals surface area contributed by atoms with Gasteiger partial charge in [-0.1, -0.05) is 6.92 Å². The highest BCUT2D eigenvalue weighted by atomic mass is 16.6. The predicted molar refractivity (Wildman–Crippen MR) is 85.4 cm³/mol. The number of ether oxygens (including phenoxy) is 2. The number of hydrogen-bond acceptors (Lipinski definition) is 5. The van der Waals surface area contributed by atoms with Crippen molar-refractivity contribution in [1.82, 2.24) is 10.2 Å². The Labute approximate surface area is 129 Å². The quantitative estimate of drug-likeness (QED) is 0.633. The molecule has 0 spiro atoms. The minimum absolute atomic E-state index is 0.0583. The van der Waals surface area contributed by atoms with Gasteiger partial charge in [0.1, 0.15) is 5.60 Å². The van der Waals surface area contributed by atoms with Gasteiger partial charge in [0.2, 0.25) is 0 Å². The fourth-order valence-corrected chi connectivity index (χ4v) is 2.14. The predicted octanol–water partition coefficient (Wildman–Crippen LogP) is 1.59. The SMILES string of the molecule is CCOCCN(CC)C(CN)C(C)NC(=O)OC(C)(C)C. The Hall–Kier alpha value is -0.850. The van der Waals surface area contributed by atoms with Crippen molar-refractivity contribution >= 4 is 6.09 Å². The first-order valence-corrected chi connectivity index (χ1v) is 7.76. The molecule has 2 atom stereocenters. The number of nitrogens with one attached hydrogen (secondary N) is 1. The zero-order chi connectivity index (χ0) is 16.5. The Morgan fingerprint density at radius 3 is 2.38 bits per heavy atom. The molecule has 0 rings (SSSR count). The second-order valence-corrected chi connectivity index (χ2v) is 6.06. The molecule has 1 amide bonds. The van der Waals surface area contributed by atoms with E-state index < -0.39 is 11.7 Å². The number of alkyl carbamates (subject to hydrolysis) is 1. The number of nitrogens with two attached hydrogens (primary N) is 1. The average Bonchev–Trinajstić information content (AvgIpc) is 2.35. The van der Waals surface area contributed by atoms with Gasteiger partial charge in [0.05, 0.1) is 6.61 Å². The van der Waals surface area contributed by atoms with E-state index in [1.54, 1.807) is 0 Å². The lowest BCUT2D eigenvalue weighted by molar-refractivity contribution is 0.0451. The van der Waals surface area contributed by atoms with Gasteiger partial charge in [-0.15, -0.1) is 0 Å². The molecule has 0 aliphatic carbocycles. The van der Waals surface area contributed by atoms with Crippen molar-refractivity contribution in [3.8, 4) is 0 Å². The standard InChI is InChI=1S/C15H33N3O3/c1-7-18(9-10-20-8-2)13(11-16)12(3)17-14(19)21-15(4,5)6/h12-13H,7-11,16H2,1-6H3,(H,17,19). The molecule has 6 nitrogen and oxygen atoms in total. The molecular weight excluding hydrogens is 270 g/mol. The summed E-state index contributed by atoms with van der Waals surface area (Å²) in [7, 11) is 0. The van der Waals surface area contributed by atoms with Gasteiger partial charge >= 0.3 is 6.09 Å². The molecule has 21 heavy (non-hydrogen) atoms. The number of amides is 1. The zero-order valence-corrected chi connectivity index (χ0v) is 14.4. The van der Waals surface area contributed by atoms with Crippen molar-refractivity contribution in [3.63, 3.8) is 0 Å². The molecule has 0 bridgehead atoms. The van der Waals surface area contributed by atoms with Crippen LogP contribution >= 0.6 is 0 Å². The van der Waals surface area contributed by atoms with Crippen LogP contribution in [-0.2, 0) is 9.47 Å². The lowest BCUT2D eigenvalue weighted by Gasteiger charge is -2.34. The van der Waals surface area contributed by atoms with Crippen molar-refractivity contribution in [2.45, 2.75) is 59.2 Å². The second-order valence-electron chi connectivity index (χ2n) is 6.06. The number of hydrogen-bond donors (Lipinski definition) is 2. The van der Waals surface area contributed by atoms with Crippen molar-refractivity contribution in [2.75, 3.05) is 32.8 Å². The average molecular weight is 303 g/mol. The Morgan fingerprint density at radius 2 is 1.95 bits per heavy atom. The Balaban J connectivity index is 4.50. The first-order chi connectivity index (χ1) is 9.75. The van der Waals surface area contributed by atoms with E-state index in [9.17, 15) is 4.79 Å². The van der Waals surface area contributed by atoms with Gasteiger partial charge in [0, 0.05) is 31.8 Å². The summed E-state index contributed by atoms with van der Waals surface area (Å²) in [5.41, 5.74) is 5.38. The zero-order valence-electron chi connectivity index (χ0n) is 14.4. The molecule has 6 heteroatoms. The summed E-state index contributed by atoms with van der Waals surface area (Å²) in [6.07, 6.45) is -0.408. The molecule has 126 valence electrons. The molecule has 0 aliphatic heterocycles. The van der Waals surface area contributed by atoms with Crippen LogP contribution in [0.25, 0.3) is 0 Å². The molecule has 0 fully saturated rings. The van der Waals surface area contributed by atoms with Gasteiger partial charge in [-0.25, -0.2) is 4.79 Å². The summed E-state index contributed by atoms with van der Waals surface area (Å²) in [6, 6.07) is -0.0330. The molecule has 2 unspecified atom stereocenters. The smallest absolute Gasteiger partial charge is 0.407 e. The lowest BCUT2D eigenvalue weighted by Crippen LogP contribution is -2.55. The molecular formula is C15H33N3O3. The van der Waals surface area contributed by atoms with Crippen LogP contribution in [0, 0.1) is 0 Å². The molecule has 0 radical (unpaired) electrons. The molecule has 0 aromatic carbocycles. The molecule has 0 saturated heterocycles. The Kier molecular flexibility index (Phi) is 9.57. The third-order valence-electron chi connectivity index (χ3n) is 3.17. The third kappa shape index (κ3) is 8.90. The number of carbonyl (C=O) groups excluding carboxylic acids is 1. The van der Waals surface area contributed by atoms with E-state index in [4.69, 9.17) is 15.2 Å². The van der Waals surface area contributed by atoms with Crippen molar-refractivity contribution in [1.29, 1.82) is 0 Å². The second kappa shape index (κ2) is 9.97. The minimum atomic E-state index is -0.499. The highest BCUT2D eigenvalue weighted by Crippen LogP contribution is 2.09. The number of nitrogens with zero attached hydrogens (tertiary/aromatic N) is 1. The van der Waals surface area contributed by atoms with Gasteiger partial charge < -0.3 is 20.5 Å². The lowest BCUT2D eigenvalue weighted by atomic mass is 10.1. The largest absolute Gasteiger partial charge is 0.444 e. The molecule has 3 N–H and O–H groups in total. The molecule has 0 aromatic heterocycles. The van der Waals surface area contributed by atoms with E-state index in [1.165, 1.54) is 0 Å². The Morgan fingerprint density at radius 1 is 1.33 bits per heavy atom. The van der Waals surface area contributed by atoms with Gasteiger partial charge in [-0.05, 0) is 41.2 Å². The van der Waals surface area contributed by atoms with Crippen molar-refractivity contribution in [2.24, 2.45) is 5.73 Å². The number of carbonyl (C=O) groups is 1. The van der Waals surface area contributed by atoms with Gasteiger partial charge in [0.15, 0.2) is 0 Å². The van der Waals surface area contributed by atoms with Crippen LogP contribution in [0.5, 0.6) is 0 Å². The first kappa shape index (κ1) is 20.1. The van der Waals surface area contributed by atoms with Crippen LogP contribution in [0.4, 0.5) is 4.79 Å². The highest BCUT2D eigenvalue weighted by molar-refractivity contribution is 5.68. The van der Waals surface area contributed by atoms with E-state index in [-0.39, 0.29) is 12.1 Å². The Bertz CT molecular complexity index is 292. The normalized spacial score (nSPS) is 14.9. The van der Waals surface area contributed by atoms with Gasteiger partial charge in [-0.2, -0.15) is 0 Å². The van der Waals surface area contributed by atoms with Gasteiger partial charge in [0.25, 0.3) is 0 Å². The summed E-state index contributed by atoms with van der Waals surface area (Å²) in [5.74, 6) is 0. The van der Waals surface area contributed by atoms with Crippen molar-refractivity contribution in [3.05, 3.63) is 0 Å². The molecule has 0 heterocycles. The minimum Gasteiger partial charge on any atom is -0.444 e. The van der Waals surface area contributed by atoms with Crippen LogP contribution in [0.3, 0.4) is 0 Å². The highest BCUT2D eigenvalue weighted by Gasteiger charge is 2.25. The van der Waals surface area contributed by atoms with Crippen LogP contribution in [0.2, 0.25) is 0 Å². The summed E-state index contributed by atoms with van der Waals surface area (Å²) < 4.78 is 10.7. The van der Waals surface area contributed by atoms with E-state index in [2.05, 4.69) is 17.1 Å². The molecule has 0 aliphatic rings. The topological polar surface area (TPSA) is 76.8 Å². The summed E-state index contributed by atoms with van der Waals surface area (Å²) in [6.45, 7) is 15.0. The van der Waals surface area contributed by atoms with Crippen LogP contribution in [0.1, 0.15) is 41.5 Å². The number of likely N-dealkylation sites (N-methyl/N-ethyl adjacent to an activating group) is 1. The van der Waals surface area contributed by atoms with Gasteiger partial charge in [-0.3, -0.25) is 4.90 Å². The fraction of sp³-hybridized carbons (Fsp3) is 0.933. The molecule has 0 saturated carbocycles. The maximum Gasteiger partial charge on any atom is 0.407 e.